The SMILES string of the molecule is COC(=O)CSC(C)C(=O)c1ccc(F)cc1F. The lowest BCUT2D eigenvalue weighted by Gasteiger charge is -2.10. The number of ketones is 1. The Hall–Kier alpha value is -1.43. The molecule has 3 nitrogen and oxygen atoms in total. The van der Waals surface area contributed by atoms with Crippen molar-refractivity contribution in [3.05, 3.63) is 35.4 Å². The molecule has 0 aliphatic carbocycles. The van der Waals surface area contributed by atoms with E-state index < -0.39 is 28.6 Å². The number of hydrogen-bond acceptors (Lipinski definition) is 4. The van der Waals surface area contributed by atoms with Gasteiger partial charge in [-0.3, -0.25) is 9.59 Å². The predicted octanol–water partition coefficient (Wildman–Crippen LogP) is 2.44. The van der Waals surface area contributed by atoms with Crippen LogP contribution in [-0.2, 0) is 9.53 Å². The van der Waals surface area contributed by atoms with Crippen LogP contribution in [0, 0.1) is 11.6 Å². The van der Waals surface area contributed by atoms with Gasteiger partial charge >= 0.3 is 5.97 Å². The molecule has 0 spiro atoms. The van der Waals surface area contributed by atoms with E-state index in [1.54, 1.807) is 6.92 Å². The third-order valence-corrected chi connectivity index (χ3v) is 3.36. The molecule has 18 heavy (non-hydrogen) atoms. The van der Waals surface area contributed by atoms with Crippen molar-refractivity contribution in [1.29, 1.82) is 0 Å². The normalized spacial score (nSPS) is 12.0. The van der Waals surface area contributed by atoms with Crippen LogP contribution in [0.3, 0.4) is 0 Å². The Morgan fingerprint density at radius 3 is 2.61 bits per heavy atom. The highest BCUT2D eigenvalue weighted by atomic mass is 32.2. The van der Waals surface area contributed by atoms with Crippen LogP contribution in [-0.4, -0.2) is 29.9 Å². The van der Waals surface area contributed by atoms with E-state index in [1.165, 1.54) is 7.11 Å². The maximum atomic E-state index is 13.4. The maximum Gasteiger partial charge on any atom is 0.315 e. The Morgan fingerprint density at radius 1 is 1.39 bits per heavy atom. The molecule has 0 aliphatic heterocycles. The van der Waals surface area contributed by atoms with Crippen LogP contribution >= 0.6 is 11.8 Å². The Kier molecular flexibility index (Phi) is 5.27. The molecular weight excluding hydrogens is 262 g/mol. The average Bonchev–Trinajstić information content (AvgIpc) is 2.34. The van der Waals surface area contributed by atoms with E-state index in [9.17, 15) is 18.4 Å². The Balaban J connectivity index is 2.71. The molecule has 0 N–H and O–H groups in total. The standard InChI is InChI=1S/C12H12F2O3S/c1-7(18-6-11(15)17-2)12(16)9-4-3-8(13)5-10(9)14/h3-5,7H,6H2,1-2H3. The van der Waals surface area contributed by atoms with E-state index >= 15 is 0 Å². The largest absolute Gasteiger partial charge is 0.468 e. The molecule has 1 rings (SSSR count). The van der Waals surface area contributed by atoms with Crippen LogP contribution < -0.4 is 0 Å². The zero-order chi connectivity index (χ0) is 13.7. The summed E-state index contributed by atoms with van der Waals surface area (Å²) in [6.45, 7) is 1.55. The van der Waals surface area contributed by atoms with Gasteiger partial charge in [0, 0.05) is 6.07 Å². The Morgan fingerprint density at radius 2 is 2.06 bits per heavy atom. The molecule has 1 aromatic rings. The molecule has 1 aromatic carbocycles. The monoisotopic (exact) mass is 274 g/mol. The second-order valence-corrected chi connectivity index (χ2v) is 4.85. The number of ether oxygens (including phenoxy) is 1. The van der Waals surface area contributed by atoms with Gasteiger partial charge in [-0.15, -0.1) is 11.8 Å². The Bertz CT molecular complexity index is 463. The van der Waals surface area contributed by atoms with Gasteiger partial charge in [-0.2, -0.15) is 0 Å². The highest BCUT2D eigenvalue weighted by molar-refractivity contribution is 8.01. The fourth-order valence-electron chi connectivity index (χ4n) is 1.24. The molecule has 0 aromatic heterocycles. The minimum absolute atomic E-state index is 0.00617. The zero-order valence-corrected chi connectivity index (χ0v) is 10.7. The van der Waals surface area contributed by atoms with Gasteiger partial charge in [-0.05, 0) is 19.1 Å². The van der Waals surface area contributed by atoms with E-state index in [4.69, 9.17) is 0 Å². The zero-order valence-electron chi connectivity index (χ0n) is 9.91. The topological polar surface area (TPSA) is 43.4 Å². The molecule has 0 saturated carbocycles. The van der Waals surface area contributed by atoms with Crippen molar-refractivity contribution in [2.75, 3.05) is 12.9 Å². The molecule has 0 heterocycles. The lowest BCUT2D eigenvalue weighted by Crippen LogP contribution is -2.18. The van der Waals surface area contributed by atoms with E-state index in [2.05, 4.69) is 4.74 Å². The minimum atomic E-state index is -0.898. The van der Waals surface area contributed by atoms with Crippen molar-refractivity contribution in [2.24, 2.45) is 0 Å². The highest BCUT2D eigenvalue weighted by Crippen LogP contribution is 2.19. The molecule has 0 fully saturated rings. The van der Waals surface area contributed by atoms with Gasteiger partial charge in [0.1, 0.15) is 11.6 Å². The van der Waals surface area contributed by atoms with Crippen molar-refractivity contribution >= 4 is 23.5 Å². The fraction of sp³-hybridized carbons (Fsp3) is 0.333. The molecule has 1 atom stereocenters. The maximum absolute atomic E-state index is 13.4. The number of halogens is 2. The summed E-state index contributed by atoms with van der Waals surface area (Å²) in [5.41, 5.74) is -0.179. The summed E-state index contributed by atoms with van der Waals surface area (Å²) in [7, 11) is 1.25. The molecule has 0 bridgehead atoms. The number of carbonyl (C=O) groups excluding carboxylic acids is 2. The number of hydrogen-bond donors (Lipinski definition) is 0. The van der Waals surface area contributed by atoms with Crippen LogP contribution in [0.2, 0.25) is 0 Å². The summed E-state index contributed by atoms with van der Waals surface area (Å²) in [6.07, 6.45) is 0. The van der Waals surface area contributed by atoms with E-state index in [0.29, 0.717) is 6.07 Å². The second-order valence-electron chi connectivity index (χ2n) is 3.52. The van der Waals surface area contributed by atoms with Gasteiger partial charge in [0.25, 0.3) is 0 Å². The first-order chi connectivity index (χ1) is 8.45. The molecule has 98 valence electrons. The van der Waals surface area contributed by atoms with Gasteiger partial charge in [-0.1, -0.05) is 0 Å². The van der Waals surface area contributed by atoms with Gasteiger partial charge in [0.15, 0.2) is 5.78 Å². The summed E-state index contributed by atoms with van der Waals surface area (Å²) in [6, 6.07) is 2.78. The number of esters is 1. The number of rotatable bonds is 5. The van der Waals surface area contributed by atoms with Gasteiger partial charge in [0.05, 0.1) is 23.7 Å². The highest BCUT2D eigenvalue weighted by Gasteiger charge is 2.20. The average molecular weight is 274 g/mol. The van der Waals surface area contributed by atoms with Crippen LogP contribution in [0.4, 0.5) is 8.78 Å². The summed E-state index contributed by atoms with van der Waals surface area (Å²) < 4.78 is 30.5. The Labute approximate surface area is 108 Å². The number of benzene rings is 1. The first-order valence-corrected chi connectivity index (χ1v) is 6.18. The number of methoxy groups -OCH3 is 1. The second kappa shape index (κ2) is 6.49. The van der Waals surface area contributed by atoms with Crippen LogP contribution in [0.5, 0.6) is 0 Å². The van der Waals surface area contributed by atoms with E-state index in [-0.39, 0.29) is 11.3 Å². The van der Waals surface area contributed by atoms with E-state index in [0.717, 1.165) is 23.9 Å². The van der Waals surface area contributed by atoms with Crippen molar-refractivity contribution in [1.82, 2.24) is 0 Å². The number of Topliss-reactive ketones (excluding diaryl/α,β-unsaturated/α-hetero) is 1. The molecular formula is C12H12F2O3S. The van der Waals surface area contributed by atoms with Crippen LogP contribution in [0.1, 0.15) is 17.3 Å². The predicted molar refractivity (Wildman–Crippen MR) is 64.6 cm³/mol. The molecule has 6 heteroatoms. The molecule has 0 aliphatic rings. The van der Waals surface area contributed by atoms with E-state index in [1.807, 2.05) is 0 Å². The molecule has 1 unspecified atom stereocenters. The third-order valence-electron chi connectivity index (χ3n) is 2.24. The minimum Gasteiger partial charge on any atom is -0.468 e. The van der Waals surface area contributed by atoms with Crippen LogP contribution in [0.15, 0.2) is 18.2 Å². The van der Waals surface area contributed by atoms with Gasteiger partial charge < -0.3 is 4.74 Å². The fourth-order valence-corrected chi connectivity index (χ4v) is 2.02. The summed E-state index contributed by atoms with van der Waals surface area (Å²) in [5, 5.41) is -0.607. The first kappa shape index (κ1) is 14.6. The summed E-state index contributed by atoms with van der Waals surface area (Å²) in [4.78, 5) is 22.8. The van der Waals surface area contributed by atoms with Crippen molar-refractivity contribution in [3.8, 4) is 0 Å². The lowest BCUT2D eigenvalue weighted by molar-refractivity contribution is -0.137. The third kappa shape index (κ3) is 3.80. The van der Waals surface area contributed by atoms with Gasteiger partial charge in [0.2, 0.25) is 0 Å². The molecule has 0 amide bonds. The smallest absolute Gasteiger partial charge is 0.315 e. The van der Waals surface area contributed by atoms with Crippen molar-refractivity contribution < 1.29 is 23.1 Å². The quantitative estimate of drug-likeness (QED) is 0.611. The van der Waals surface area contributed by atoms with Gasteiger partial charge in [-0.25, -0.2) is 8.78 Å². The molecule has 0 radical (unpaired) electrons. The van der Waals surface area contributed by atoms with Crippen molar-refractivity contribution in [2.45, 2.75) is 12.2 Å². The number of thioether (sulfide) groups is 1. The summed E-state index contributed by atoms with van der Waals surface area (Å²) >= 11 is 1.04. The number of carbonyl (C=O) groups is 2. The summed E-state index contributed by atoms with van der Waals surface area (Å²) in [5.74, 6) is -2.57. The first-order valence-electron chi connectivity index (χ1n) is 5.13. The lowest BCUT2D eigenvalue weighted by atomic mass is 10.1. The van der Waals surface area contributed by atoms with Crippen LogP contribution in [0.25, 0.3) is 0 Å². The molecule has 0 saturated heterocycles. The van der Waals surface area contributed by atoms with Crippen molar-refractivity contribution in [3.63, 3.8) is 0 Å².